The van der Waals surface area contributed by atoms with Crippen molar-refractivity contribution in [1.29, 1.82) is 0 Å². The molecule has 0 spiro atoms. The summed E-state index contributed by atoms with van der Waals surface area (Å²) in [7, 11) is 0. The van der Waals surface area contributed by atoms with E-state index in [1.807, 2.05) is 13.8 Å². The van der Waals surface area contributed by atoms with Gasteiger partial charge in [-0.3, -0.25) is 0 Å². The molecule has 1 fully saturated rings. The minimum absolute atomic E-state index is 0.467. The molecule has 1 heterocycles. The average molecular weight is 199 g/mol. The van der Waals surface area contributed by atoms with Crippen LogP contribution in [0.5, 0.6) is 0 Å². The van der Waals surface area contributed by atoms with Crippen LogP contribution in [0.25, 0.3) is 0 Å². The summed E-state index contributed by atoms with van der Waals surface area (Å²) in [5.41, 5.74) is 0.973. The highest BCUT2D eigenvalue weighted by Crippen LogP contribution is 2.38. The van der Waals surface area contributed by atoms with E-state index in [9.17, 15) is 0 Å². The number of rotatable bonds is 0. The van der Waals surface area contributed by atoms with Gasteiger partial charge in [-0.05, 0) is 30.6 Å². The van der Waals surface area contributed by atoms with Gasteiger partial charge in [0.2, 0.25) is 0 Å². The fraction of sp³-hybridized carbons (Fsp3) is 1.00. The van der Waals surface area contributed by atoms with Crippen LogP contribution in [0.2, 0.25) is 0 Å². The Kier molecular flexibility index (Phi) is 5.14. The van der Waals surface area contributed by atoms with Crippen LogP contribution >= 0.6 is 0 Å². The Balaban J connectivity index is 0.000000791. The van der Waals surface area contributed by atoms with Crippen molar-refractivity contribution in [3.8, 4) is 0 Å². The third kappa shape index (κ3) is 4.99. The van der Waals surface area contributed by atoms with Gasteiger partial charge in [-0.25, -0.2) is 0 Å². The third-order valence-corrected chi connectivity index (χ3v) is 2.74. The Labute approximate surface area is 90.7 Å². The first-order valence-corrected chi connectivity index (χ1v) is 6.04. The molecule has 1 aliphatic heterocycles. The highest BCUT2D eigenvalue weighted by molar-refractivity contribution is 4.87. The van der Waals surface area contributed by atoms with Gasteiger partial charge in [-0.15, -0.1) is 0 Å². The average Bonchev–Trinajstić information content (AvgIpc) is 2.10. The van der Waals surface area contributed by atoms with Crippen molar-refractivity contribution in [3.05, 3.63) is 0 Å². The summed E-state index contributed by atoms with van der Waals surface area (Å²) in [5.74, 6) is 0. The third-order valence-electron chi connectivity index (χ3n) is 2.74. The maximum Gasteiger partial charge on any atom is 0.00440 e. The Morgan fingerprint density at radius 2 is 1.50 bits per heavy atom. The molecule has 1 atom stereocenters. The second kappa shape index (κ2) is 5.16. The van der Waals surface area contributed by atoms with E-state index in [1.165, 1.54) is 12.8 Å². The topological polar surface area (TPSA) is 12.0 Å². The lowest BCUT2D eigenvalue weighted by molar-refractivity contribution is 0.210. The fourth-order valence-corrected chi connectivity index (χ4v) is 2.78. The zero-order valence-electron chi connectivity index (χ0n) is 11.2. The first-order chi connectivity index (χ1) is 6.31. The van der Waals surface area contributed by atoms with Crippen molar-refractivity contribution in [3.63, 3.8) is 0 Å². The van der Waals surface area contributed by atoms with Crippen molar-refractivity contribution in [1.82, 2.24) is 5.32 Å². The molecule has 1 nitrogen and oxygen atoms in total. The Bertz CT molecular complexity index is 159. The van der Waals surface area contributed by atoms with Gasteiger partial charge in [0, 0.05) is 12.6 Å². The van der Waals surface area contributed by atoms with E-state index in [2.05, 4.69) is 39.9 Å². The van der Waals surface area contributed by atoms with Gasteiger partial charge in [-0.2, -0.15) is 0 Å². The minimum atomic E-state index is 0.467. The zero-order chi connectivity index (χ0) is 11.4. The van der Waals surface area contributed by atoms with Gasteiger partial charge in [0.25, 0.3) is 0 Å². The zero-order valence-corrected chi connectivity index (χ0v) is 11.2. The lowest BCUT2D eigenvalue weighted by atomic mass is 9.74. The molecule has 0 bridgehead atoms. The van der Waals surface area contributed by atoms with Gasteiger partial charge >= 0.3 is 0 Å². The molecule has 86 valence electrons. The number of hydrogen-bond acceptors (Lipinski definition) is 1. The highest BCUT2D eigenvalue weighted by Gasteiger charge is 2.33. The number of hydrogen-bond donors (Lipinski definition) is 1. The van der Waals surface area contributed by atoms with Gasteiger partial charge in [0.05, 0.1) is 0 Å². The normalized spacial score (nSPS) is 29.8. The SMILES string of the molecule is CC.CC1CC(C)(C)CC(C)(C)CN1. The maximum absolute atomic E-state index is 3.59. The Morgan fingerprint density at radius 3 is 2.00 bits per heavy atom. The lowest BCUT2D eigenvalue weighted by Gasteiger charge is -2.31. The molecule has 1 unspecified atom stereocenters. The molecule has 0 radical (unpaired) electrons. The molecule has 0 aromatic rings. The lowest BCUT2D eigenvalue weighted by Crippen LogP contribution is -2.31. The highest BCUT2D eigenvalue weighted by atomic mass is 14.9. The molecule has 1 aliphatic rings. The van der Waals surface area contributed by atoms with Crippen LogP contribution < -0.4 is 5.32 Å². The van der Waals surface area contributed by atoms with Crippen molar-refractivity contribution < 1.29 is 0 Å². The van der Waals surface area contributed by atoms with Gasteiger partial charge < -0.3 is 5.32 Å². The van der Waals surface area contributed by atoms with E-state index in [1.54, 1.807) is 0 Å². The minimum Gasteiger partial charge on any atom is -0.314 e. The van der Waals surface area contributed by atoms with Crippen molar-refractivity contribution in [2.75, 3.05) is 6.54 Å². The van der Waals surface area contributed by atoms with Crippen LogP contribution in [0.4, 0.5) is 0 Å². The van der Waals surface area contributed by atoms with Gasteiger partial charge in [0.1, 0.15) is 0 Å². The Hall–Kier alpha value is -0.0400. The summed E-state index contributed by atoms with van der Waals surface area (Å²) in [6, 6.07) is 0.682. The summed E-state index contributed by atoms with van der Waals surface area (Å²) in [4.78, 5) is 0. The molecular weight excluding hydrogens is 170 g/mol. The van der Waals surface area contributed by atoms with E-state index in [-0.39, 0.29) is 0 Å². The molecule has 1 saturated heterocycles. The quantitative estimate of drug-likeness (QED) is 0.625. The second-order valence-corrected chi connectivity index (χ2v) is 5.99. The maximum atomic E-state index is 3.59. The van der Waals surface area contributed by atoms with Crippen molar-refractivity contribution in [2.45, 2.75) is 67.3 Å². The van der Waals surface area contributed by atoms with E-state index in [0.29, 0.717) is 16.9 Å². The molecule has 1 heteroatoms. The second-order valence-electron chi connectivity index (χ2n) is 5.99. The predicted molar refractivity (Wildman–Crippen MR) is 65.6 cm³/mol. The molecular formula is C13H29N. The molecule has 0 saturated carbocycles. The van der Waals surface area contributed by atoms with E-state index in [4.69, 9.17) is 0 Å². The van der Waals surface area contributed by atoms with Crippen LogP contribution in [0.15, 0.2) is 0 Å². The van der Waals surface area contributed by atoms with E-state index in [0.717, 1.165) is 6.54 Å². The van der Waals surface area contributed by atoms with Gasteiger partial charge in [0.15, 0.2) is 0 Å². The summed E-state index contributed by atoms with van der Waals surface area (Å²) < 4.78 is 0. The predicted octanol–water partition coefficient (Wildman–Crippen LogP) is 3.84. The summed E-state index contributed by atoms with van der Waals surface area (Å²) >= 11 is 0. The van der Waals surface area contributed by atoms with Crippen molar-refractivity contribution >= 4 is 0 Å². The largest absolute Gasteiger partial charge is 0.314 e. The van der Waals surface area contributed by atoms with Crippen LogP contribution in [0.1, 0.15) is 61.3 Å². The molecule has 0 aromatic heterocycles. The van der Waals surface area contributed by atoms with Crippen LogP contribution in [-0.4, -0.2) is 12.6 Å². The fourth-order valence-electron chi connectivity index (χ4n) is 2.78. The molecule has 1 N–H and O–H groups in total. The van der Waals surface area contributed by atoms with E-state index >= 15 is 0 Å². The monoisotopic (exact) mass is 199 g/mol. The molecule has 0 aliphatic carbocycles. The molecule has 14 heavy (non-hydrogen) atoms. The molecule has 0 amide bonds. The first kappa shape index (κ1) is 14.0. The smallest absolute Gasteiger partial charge is 0.00440 e. The number of nitrogens with one attached hydrogen (secondary N) is 1. The van der Waals surface area contributed by atoms with Crippen LogP contribution in [0.3, 0.4) is 0 Å². The van der Waals surface area contributed by atoms with Crippen LogP contribution in [0, 0.1) is 10.8 Å². The first-order valence-electron chi connectivity index (χ1n) is 6.04. The van der Waals surface area contributed by atoms with Crippen LogP contribution in [-0.2, 0) is 0 Å². The van der Waals surface area contributed by atoms with E-state index < -0.39 is 0 Å². The van der Waals surface area contributed by atoms with Crippen molar-refractivity contribution in [2.24, 2.45) is 10.8 Å². The summed E-state index contributed by atoms with van der Waals surface area (Å²) in [5, 5.41) is 3.59. The molecule has 0 aromatic carbocycles. The molecule has 1 rings (SSSR count). The summed E-state index contributed by atoms with van der Waals surface area (Å²) in [6.45, 7) is 17.0. The summed E-state index contributed by atoms with van der Waals surface area (Å²) in [6.07, 6.45) is 2.63. The Morgan fingerprint density at radius 1 is 1.00 bits per heavy atom. The standard InChI is InChI=1S/C11H23N.C2H6/c1-9-6-10(2,3)7-11(4,5)8-12-9;1-2/h9,12H,6-8H2,1-5H3;1-2H3. The van der Waals surface area contributed by atoms with Gasteiger partial charge in [-0.1, -0.05) is 41.5 Å².